The standard InChI is InChI=1S/C32H19NO/c1-2-10-22(11-3-1)33-27-16-14-20-8-4-6-12-23(20)31(27)25-18-26-30(19-28(25)33)34-29-17-15-21-9-5-7-13-24(21)32(26)29/h1-19H. The van der Waals surface area contributed by atoms with Gasteiger partial charge in [-0.15, -0.1) is 0 Å². The Labute approximate surface area is 195 Å². The fourth-order valence-electron chi connectivity index (χ4n) is 5.68. The van der Waals surface area contributed by atoms with Crippen molar-refractivity contribution in [1.82, 2.24) is 4.57 Å². The summed E-state index contributed by atoms with van der Waals surface area (Å²) in [5.74, 6) is 0. The highest BCUT2D eigenvalue weighted by Gasteiger charge is 2.18. The van der Waals surface area contributed by atoms with Gasteiger partial charge in [0.2, 0.25) is 0 Å². The largest absolute Gasteiger partial charge is 0.456 e. The molecule has 8 aromatic rings. The molecule has 0 unspecified atom stereocenters. The molecule has 0 N–H and O–H groups in total. The van der Waals surface area contributed by atoms with E-state index >= 15 is 0 Å². The predicted octanol–water partition coefficient (Wildman–Crippen LogP) is 8.99. The van der Waals surface area contributed by atoms with Gasteiger partial charge in [0.1, 0.15) is 11.2 Å². The number of fused-ring (bicyclic) bond motifs is 10. The molecule has 6 aromatic carbocycles. The lowest BCUT2D eigenvalue weighted by atomic mass is 10.0. The molecule has 0 aliphatic rings. The lowest BCUT2D eigenvalue weighted by Gasteiger charge is -2.08. The van der Waals surface area contributed by atoms with Crippen LogP contribution in [-0.2, 0) is 0 Å². The second-order valence-corrected chi connectivity index (χ2v) is 8.98. The van der Waals surface area contributed by atoms with Crippen LogP contribution in [0.1, 0.15) is 0 Å². The zero-order valence-corrected chi connectivity index (χ0v) is 18.3. The van der Waals surface area contributed by atoms with Crippen LogP contribution < -0.4 is 0 Å². The van der Waals surface area contributed by atoms with Crippen molar-refractivity contribution in [1.29, 1.82) is 0 Å². The van der Waals surface area contributed by atoms with Gasteiger partial charge in [-0.2, -0.15) is 0 Å². The van der Waals surface area contributed by atoms with Crippen LogP contribution in [0.5, 0.6) is 0 Å². The molecule has 0 atom stereocenters. The summed E-state index contributed by atoms with van der Waals surface area (Å²) >= 11 is 0. The van der Waals surface area contributed by atoms with Crippen LogP contribution in [0.2, 0.25) is 0 Å². The summed E-state index contributed by atoms with van der Waals surface area (Å²) in [5.41, 5.74) is 5.37. The second kappa shape index (κ2) is 6.49. The zero-order valence-electron chi connectivity index (χ0n) is 18.3. The van der Waals surface area contributed by atoms with Crippen LogP contribution in [0, 0.1) is 0 Å². The van der Waals surface area contributed by atoms with Gasteiger partial charge < -0.3 is 8.98 Å². The molecule has 2 nitrogen and oxygen atoms in total. The van der Waals surface area contributed by atoms with E-state index in [0.29, 0.717) is 0 Å². The zero-order chi connectivity index (χ0) is 22.2. The molecule has 158 valence electrons. The van der Waals surface area contributed by atoms with E-state index in [1.54, 1.807) is 0 Å². The molecule has 0 bridgehead atoms. The topological polar surface area (TPSA) is 18.1 Å². The molecule has 0 saturated carbocycles. The first-order valence-corrected chi connectivity index (χ1v) is 11.6. The van der Waals surface area contributed by atoms with E-state index in [0.717, 1.165) is 22.4 Å². The van der Waals surface area contributed by atoms with E-state index in [1.165, 1.54) is 48.6 Å². The molecule has 34 heavy (non-hydrogen) atoms. The van der Waals surface area contributed by atoms with Gasteiger partial charge in [-0.25, -0.2) is 0 Å². The summed E-state index contributed by atoms with van der Waals surface area (Å²) < 4.78 is 8.79. The van der Waals surface area contributed by atoms with Crippen molar-refractivity contribution >= 4 is 65.3 Å². The third kappa shape index (κ3) is 2.29. The number of rotatable bonds is 1. The lowest BCUT2D eigenvalue weighted by molar-refractivity contribution is 0.669. The predicted molar refractivity (Wildman–Crippen MR) is 143 cm³/mol. The SMILES string of the molecule is c1ccc(-n2c3cc4oc5ccc6ccccc6c5c4cc3c3c4ccccc4ccc32)cc1. The molecule has 2 heteroatoms. The Morgan fingerprint density at radius 1 is 0.441 bits per heavy atom. The van der Waals surface area contributed by atoms with Gasteiger partial charge in [0, 0.05) is 33.3 Å². The third-order valence-electron chi connectivity index (χ3n) is 7.15. The van der Waals surface area contributed by atoms with Crippen molar-refractivity contribution < 1.29 is 4.42 Å². The fourth-order valence-corrected chi connectivity index (χ4v) is 5.68. The van der Waals surface area contributed by atoms with Crippen LogP contribution in [-0.4, -0.2) is 4.57 Å². The Balaban J connectivity index is 1.64. The van der Waals surface area contributed by atoms with E-state index in [4.69, 9.17) is 4.42 Å². The Morgan fingerprint density at radius 3 is 1.91 bits per heavy atom. The number of furan rings is 1. The van der Waals surface area contributed by atoms with Gasteiger partial charge in [0.05, 0.1) is 11.0 Å². The highest BCUT2D eigenvalue weighted by atomic mass is 16.3. The minimum atomic E-state index is 0.920. The van der Waals surface area contributed by atoms with Crippen LogP contribution in [0.25, 0.3) is 71.0 Å². The minimum Gasteiger partial charge on any atom is -0.456 e. The van der Waals surface area contributed by atoms with Crippen LogP contribution in [0.4, 0.5) is 0 Å². The van der Waals surface area contributed by atoms with Crippen molar-refractivity contribution in [2.24, 2.45) is 0 Å². The molecule has 8 rings (SSSR count). The van der Waals surface area contributed by atoms with Gasteiger partial charge >= 0.3 is 0 Å². The summed E-state index contributed by atoms with van der Waals surface area (Å²) in [7, 11) is 0. The number of hydrogen-bond donors (Lipinski definition) is 0. The van der Waals surface area contributed by atoms with Crippen LogP contribution in [0.3, 0.4) is 0 Å². The Hall–Kier alpha value is -4.56. The third-order valence-corrected chi connectivity index (χ3v) is 7.15. The van der Waals surface area contributed by atoms with Gasteiger partial charge in [0.15, 0.2) is 0 Å². The molecule has 0 radical (unpaired) electrons. The molecule has 0 aliphatic heterocycles. The normalized spacial score (nSPS) is 12.1. The number of benzene rings is 6. The van der Waals surface area contributed by atoms with E-state index < -0.39 is 0 Å². The summed E-state index contributed by atoms with van der Waals surface area (Å²) in [4.78, 5) is 0. The number of nitrogens with zero attached hydrogens (tertiary/aromatic N) is 1. The number of hydrogen-bond acceptors (Lipinski definition) is 1. The first kappa shape index (κ1) is 17.9. The average molecular weight is 434 g/mol. The summed E-state index contributed by atoms with van der Waals surface area (Å²) in [5, 5.41) is 9.88. The summed E-state index contributed by atoms with van der Waals surface area (Å²) in [6, 6.07) is 41.1. The second-order valence-electron chi connectivity index (χ2n) is 8.98. The molecule has 0 amide bonds. The quantitative estimate of drug-likeness (QED) is 0.253. The molecule has 2 heterocycles. The van der Waals surface area contributed by atoms with Gasteiger partial charge in [-0.05, 0) is 51.9 Å². The number of aromatic nitrogens is 1. The van der Waals surface area contributed by atoms with Gasteiger partial charge in [-0.1, -0.05) is 78.9 Å². The van der Waals surface area contributed by atoms with E-state index in [2.05, 4.69) is 120 Å². The Morgan fingerprint density at radius 2 is 1.12 bits per heavy atom. The fraction of sp³-hybridized carbons (Fsp3) is 0. The molecule has 0 spiro atoms. The molecule has 0 fully saturated rings. The molecule has 0 aliphatic carbocycles. The van der Waals surface area contributed by atoms with E-state index in [-0.39, 0.29) is 0 Å². The molecular weight excluding hydrogens is 414 g/mol. The van der Waals surface area contributed by atoms with E-state index in [1.807, 2.05) is 0 Å². The maximum Gasteiger partial charge on any atom is 0.137 e. The highest BCUT2D eigenvalue weighted by Crippen LogP contribution is 2.42. The molecule has 0 saturated heterocycles. The van der Waals surface area contributed by atoms with Crippen molar-refractivity contribution in [3.63, 3.8) is 0 Å². The number of para-hydroxylation sites is 1. The summed E-state index contributed by atoms with van der Waals surface area (Å²) in [6.45, 7) is 0. The van der Waals surface area contributed by atoms with Crippen LogP contribution >= 0.6 is 0 Å². The van der Waals surface area contributed by atoms with Gasteiger partial charge in [0.25, 0.3) is 0 Å². The van der Waals surface area contributed by atoms with Crippen molar-refractivity contribution in [3.8, 4) is 5.69 Å². The lowest BCUT2D eigenvalue weighted by Crippen LogP contribution is -1.92. The smallest absolute Gasteiger partial charge is 0.137 e. The minimum absolute atomic E-state index is 0.920. The highest BCUT2D eigenvalue weighted by molar-refractivity contribution is 6.26. The van der Waals surface area contributed by atoms with Gasteiger partial charge in [-0.3, -0.25) is 0 Å². The van der Waals surface area contributed by atoms with Crippen molar-refractivity contribution in [2.45, 2.75) is 0 Å². The molecular formula is C32H19NO. The monoisotopic (exact) mass is 433 g/mol. The maximum absolute atomic E-state index is 6.43. The Kier molecular flexibility index (Phi) is 3.42. The maximum atomic E-state index is 6.43. The molecule has 2 aromatic heterocycles. The average Bonchev–Trinajstić information content (AvgIpc) is 3.43. The first-order valence-electron chi connectivity index (χ1n) is 11.6. The van der Waals surface area contributed by atoms with Crippen molar-refractivity contribution in [2.75, 3.05) is 0 Å². The van der Waals surface area contributed by atoms with Crippen LogP contribution in [0.15, 0.2) is 120 Å². The van der Waals surface area contributed by atoms with Crippen molar-refractivity contribution in [3.05, 3.63) is 115 Å². The Bertz CT molecular complexity index is 2060. The summed E-state index contributed by atoms with van der Waals surface area (Å²) in [6.07, 6.45) is 0. The first-order chi connectivity index (χ1) is 16.9. The van der Waals surface area contributed by atoms with E-state index in [9.17, 15) is 0 Å².